The fourth-order valence-corrected chi connectivity index (χ4v) is 5.37. The van der Waals surface area contributed by atoms with Gasteiger partial charge in [-0.25, -0.2) is 9.59 Å². The van der Waals surface area contributed by atoms with Crippen LogP contribution in [-0.4, -0.2) is 55.6 Å². The monoisotopic (exact) mass is 426 g/mol. The molecular formula is C17H24F2O8S. The Balaban J connectivity index is 1.39. The fourth-order valence-electron chi connectivity index (χ4n) is 5.10. The average Bonchev–Trinajstić information content (AvgIpc) is 2.57. The number of halogens is 2. The summed E-state index contributed by atoms with van der Waals surface area (Å²) in [5.41, 5.74) is -0.516. The predicted molar refractivity (Wildman–Crippen MR) is 89.8 cm³/mol. The molecule has 0 spiro atoms. The Morgan fingerprint density at radius 3 is 2.11 bits per heavy atom. The van der Waals surface area contributed by atoms with Gasteiger partial charge in [0, 0.05) is 0 Å². The van der Waals surface area contributed by atoms with Gasteiger partial charge in [-0.05, 0) is 62.7 Å². The Labute approximate surface area is 161 Å². The first-order valence-electron chi connectivity index (χ1n) is 9.25. The molecule has 0 atom stereocenters. The van der Waals surface area contributed by atoms with Gasteiger partial charge in [0.1, 0.15) is 18.8 Å². The first-order valence-corrected chi connectivity index (χ1v) is 10.7. The summed E-state index contributed by atoms with van der Waals surface area (Å²) >= 11 is 0. The molecule has 1 N–H and O–H groups in total. The molecule has 0 heterocycles. The van der Waals surface area contributed by atoms with E-state index in [1.165, 1.54) is 6.42 Å². The molecule has 0 aromatic carbocycles. The van der Waals surface area contributed by atoms with Crippen molar-refractivity contribution in [3.63, 3.8) is 0 Å². The van der Waals surface area contributed by atoms with Crippen molar-refractivity contribution in [2.45, 2.75) is 49.9 Å². The van der Waals surface area contributed by atoms with E-state index in [-0.39, 0.29) is 0 Å². The Kier molecular flexibility index (Phi) is 5.72. The molecule has 0 aromatic heterocycles. The van der Waals surface area contributed by atoms with Crippen molar-refractivity contribution in [1.29, 1.82) is 0 Å². The Morgan fingerprint density at radius 2 is 1.61 bits per heavy atom. The molecule has 0 unspecified atom stereocenters. The van der Waals surface area contributed by atoms with Gasteiger partial charge in [-0.15, -0.1) is 0 Å². The number of carbonyl (C=O) groups excluding carboxylic acids is 2. The van der Waals surface area contributed by atoms with Crippen LogP contribution in [0.5, 0.6) is 0 Å². The summed E-state index contributed by atoms with van der Waals surface area (Å²) in [6, 6.07) is 0. The lowest BCUT2D eigenvalue weighted by molar-refractivity contribution is -0.206. The standard InChI is InChI=1S/C17H24F2O8S/c1-16(12-5-10-4-11(7-12)8-13(16)6-10)27-14(20)9-25-2-3-26-15(21)17(18,19)28(22,23)24/h10-13H,2-9H2,1H3,(H,22,23,24). The summed E-state index contributed by atoms with van der Waals surface area (Å²) in [5, 5.41) is -5.06. The number of hydrogen-bond acceptors (Lipinski definition) is 7. The van der Waals surface area contributed by atoms with Crippen molar-refractivity contribution >= 4 is 22.1 Å². The molecule has 0 aromatic rings. The van der Waals surface area contributed by atoms with Crippen LogP contribution in [0.2, 0.25) is 0 Å². The van der Waals surface area contributed by atoms with Crippen LogP contribution >= 0.6 is 0 Å². The van der Waals surface area contributed by atoms with Crippen LogP contribution in [0.1, 0.15) is 39.0 Å². The molecule has 160 valence electrons. The fraction of sp³-hybridized carbons (Fsp3) is 0.882. The summed E-state index contributed by atoms with van der Waals surface area (Å²) in [6.07, 6.45) is 5.53. The van der Waals surface area contributed by atoms with E-state index in [9.17, 15) is 26.8 Å². The molecule has 4 fully saturated rings. The third kappa shape index (κ3) is 4.02. The van der Waals surface area contributed by atoms with Crippen molar-refractivity contribution in [1.82, 2.24) is 0 Å². The highest BCUT2D eigenvalue weighted by atomic mass is 32.2. The Bertz CT molecular complexity index is 707. The lowest BCUT2D eigenvalue weighted by Gasteiger charge is -2.59. The molecule has 28 heavy (non-hydrogen) atoms. The minimum absolute atomic E-state index is 0.344. The lowest BCUT2D eigenvalue weighted by Crippen LogP contribution is -2.58. The molecule has 4 aliphatic rings. The van der Waals surface area contributed by atoms with E-state index in [4.69, 9.17) is 14.0 Å². The number of hydrogen-bond donors (Lipinski definition) is 1. The Morgan fingerprint density at radius 1 is 1.07 bits per heavy atom. The van der Waals surface area contributed by atoms with Crippen molar-refractivity contribution in [3.8, 4) is 0 Å². The lowest BCUT2D eigenvalue weighted by atomic mass is 9.50. The van der Waals surface area contributed by atoms with E-state index in [1.807, 2.05) is 6.92 Å². The van der Waals surface area contributed by atoms with Crippen molar-refractivity contribution in [2.24, 2.45) is 23.7 Å². The van der Waals surface area contributed by atoms with Gasteiger partial charge in [0.25, 0.3) is 0 Å². The van der Waals surface area contributed by atoms with Crippen LogP contribution in [0.4, 0.5) is 8.78 Å². The van der Waals surface area contributed by atoms with Gasteiger partial charge in [-0.2, -0.15) is 17.2 Å². The van der Waals surface area contributed by atoms with Crippen LogP contribution in [0.25, 0.3) is 0 Å². The Hall–Kier alpha value is -1.33. The van der Waals surface area contributed by atoms with Crippen LogP contribution in [-0.2, 0) is 33.9 Å². The highest BCUT2D eigenvalue weighted by molar-refractivity contribution is 7.87. The van der Waals surface area contributed by atoms with Gasteiger partial charge in [0.05, 0.1) is 6.61 Å². The van der Waals surface area contributed by atoms with E-state index >= 15 is 0 Å². The molecule has 0 saturated heterocycles. The summed E-state index contributed by atoms with van der Waals surface area (Å²) < 4.78 is 69.8. The molecule has 4 bridgehead atoms. The molecule has 0 amide bonds. The van der Waals surface area contributed by atoms with Crippen LogP contribution in [0, 0.1) is 23.7 Å². The predicted octanol–water partition coefficient (Wildman–Crippen LogP) is 1.78. The second kappa shape index (κ2) is 7.49. The third-order valence-electron chi connectivity index (χ3n) is 6.34. The number of rotatable bonds is 8. The zero-order chi connectivity index (χ0) is 20.7. The minimum Gasteiger partial charge on any atom is -0.458 e. The number of carbonyl (C=O) groups is 2. The molecule has 11 heteroatoms. The number of alkyl halides is 2. The van der Waals surface area contributed by atoms with Crippen molar-refractivity contribution < 1.29 is 45.6 Å². The molecule has 4 saturated carbocycles. The van der Waals surface area contributed by atoms with Gasteiger partial charge < -0.3 is 14.2 Å². The van der Waals surface area contributed by atoms with E-state index in [0.29, 0.717) is 11.8 Å². The molecule has 4 aliphatic carbocycles. The molecule has 8 nitrogen and oxygen atoms in total. The third-order valence-corrected chi connectivity index (χ3v) is 7.15. The van der Waals surface area contributed by atoms with E-state index in [0.717, 1.165) is 37.5 Å². The van der Waals surface area contributed by atoms with Crippen molar-refractivity contribution in [3.05, 3.63) is 0 Å². The van der Waals surface area contributed by atoms with Gasteiger partial charge in [0.2, 0.25) is 0 Å². The highest BCUT2D eigenvalue weighted by Gasteiger charge is 2.57. The second-order valence-electron chi connectivity index (χ2n) is 8.14. The molecular weight excluding hydrogens is 402 g/mol. The zero-order valence-corrected chi connectivity index (χ0v) is 16.3. The van der Waals surface area contributed by atoms with E-state index < -0.39 is 52.7 Å². The minimum atomic E-state index is -5.91. The normalized spacial score (nSPS) is 34.3. The zero-order valence-electron chi connectivity index (χ0n) is 15.4. The van der Waals surface area contributed by atoms with Crippen LogP contribution in [0.3, 0.4) is 0 Å². The maximum Gasteiger partial charge on any atom is 0.465 e. The van der Waals surface area contributed by atoms with E-state index in [2.05, 4.69) is 4.74 Å². The average molecular weight is 426 g/mol. The SMILES string of the molecule is CC1(OC(=O)COCCOC(=O)C(F)(F)S(=O)(=O)O)C2CC3CC(C2)CC1C3. The smallest absolute Gasteiger partial charge is 0.458 e. The first kappa shape index (κ1) is 21.4. The van der Waals surface area contributed by atoms with Gasteiger partial charge in [0.15, 0.2) is 0 Å². The number of esters is 2. The van der Waals surface area contributed by atoms with E-state index in [1.54, 1.807) is 0 Å². The number of ether oxygens (including phenoxy) is 3. The molecule has 0 radical (unpaired) electrons. The van der Waals surface area contributed by atoms with Gasteiger partial charge >= 0.3 is 27.3 Å². The molecule has 4 rings (SSSR count). The molecule has 0 aliphatic heterocycles. The maximum absolute atomic E-state index is 13.0. The van der Waals surface area contributed by atoms with Crippen LogP contribution < -0.4 is 0 Å². The largest absolute Gasteiger partial charge is 0.465 e. The van der Waals surface area contributed by atoms with Gasteiger partial charge in [-0.3, -0.25) is 4.55 Å². The summed E-state index contributed by atoms with van der Waals surface area (Å²) in [7, 11) is -5.91. The second-order valence-corrected chi connectivity index (χ2v) is 9.61. The summed E-state index contributed by atoms with van der Waals surface area (Å²) in [6.45, 7) is 0.421. The van der Waals surface area contributed by atoms with Gasteiger partial charge in [-0.1, -0.05) is 0 Å². The topological polar surface area (TPSA) is 116 Å². The highest BCUT2D eigenvalue weighted by Crippen LogP contribution is 2.59. The van der Waals surface area contributed by atoms with Crippen LogP contribution in [0.15, 0.2) is 0 Å². The first-order chi connectivity index (χ1) is 12.9. The summed E-state index contributed by atoms with van der Waals surface area (Å²) in [5.74, 6) is -0.860. The maximum atomic E-state index is 13.0. The quantitative estimate of drug-likeness (QED) is 0.355. The van der Waals surface area contributed by atoms with Crippen molar-refractivity contribution in [2.75, 3.05) is 19.8 Å². The summed E-state index contributed by atoms with van der Waals surface area (Å²) in [4.78, 5) is 23.1.